The van der Waals surface area contributed by atoms with Gasteiger partial charge in [-0.2, -0.15) is 10.1 Å². The molecule has 1 saturated heterocycles. The minimum absolute atomic E-state index is 0.115. The zero-order valence-corrected chi connectivity index (χ0v) is 15.4. The molecule has 1 amide bonds. The van der Waals surface area contributed by atoms with Gasteiger partial charge in [-0.3, -0.25) is 9.59 Å². The smallest absolute Gasteiger partial charge is 0.278 e. The van der Waals surface area contributed by atoms with Crippen LogP contribution in [0.4, 0.5) is 0 Å². The van der Waals surface area contributed by atoms with E-state index in [1.54, 1.807) is 23.1 Å². The molecule has 0 N–H and O–H groups in total. The molecule has 0 spiro atoms. The van der Waals surface area contributed by atoms with Crippen LogP contribution in [0.1, 0.15) is 12.8 Å². The summed E-state index contributed by atoms with van der Waals surface area (Å²) in [5.41, 5.74) is 0.650. The summed E-state index contributed by atoms with van der Waals surface area (Å²) in [6, 6.07) is 8.17. The molecular formula is C19H17N5O5. The molecule has 1 fully saturated rings. The summed E-state index contributed by atoms with van der Waals surface area (Å²) in [6.07, 6.45) is 1.97. The highest BCUT2D eigenvalue weighted by Gasteiger charge is 2.21. The minimum atomic E-state index is -0.364. The van der Waals surface area contributed by atoms with E-state index >= 15 is 0 Å². The fourth-order valence-corrected chi connectivity index (χ4v) is 3.35. The number of rotatable bonds is 4. The van der Waals surface area contributed by atoms with Crippen molar-refractivity contribution < 1.29 is 18.8 Å². The van der Waals surface area contributed by atoms with E-state index in [1.165, 1.54) is 12.1 Å². The lowest BCUT2D eigenvalue weighted by molar-refractivity contribution is -0.131. The second-order valence-corrected chi connectivity index (χ2v) is 6.79. The second kappa shape index (κ2) is 7.04. The van der Waals surface area contributed by atoms with E-state index in [0.29, 0.717) is 28.6 Å². The van der Waals surface area contributed by atoms with Crippen LogP contribution in [0.25, 0.3) is 23.0 Å². The average Bonchev–Trinajstić information content (AvgIpc) is 3.49. The Morgan fingerprint density at radius 1 is 1.07 bits per heavy atom. The van der Waals surface area contributed by atoms with Crippen LogP contribution >= 0.6 is 0 Å². The van der Waals surface area contributed by atoms with Crippen molar-refractivity contribution in [3.8, 4) is 34.5 Å². The van der Waals surface area contributed by atoms with E-state index in [4.69, 9.17) is 14.0 Å². The molecule has 0 atom stereocenters. The molecule has 2 aliphatic rings. The van der Waals surface area contributed by atoms with Crippen molar-refractivity contribution in [2.75, 3.05) is 19.9 Å². The largest absolute Gasteiger partial charge is 0.454 e. The van der Waals surface area contributed by atoms with E-state index < -0.39 is 0 Å². The van der Waals surface area contributed by atoms with E-state index in [2.05, 4.69) is 15.2 Å². The molecule has 29 heavy (non-hydrogen) atoms. The van der Waals surface area contributed by atoms with Crippen molar-refractivity contribution in [1.29, 1.82) is 0 Å². The number of carbonyl (C=O) groups excluding carboxylic acids is 1. The Balaban J connectivity index is 1.40. The van der Waals surface area contributed by atoms with Crippen molar-refractivity contribution in [3.05, 3.63) is 40.7 Å². The first-order chi connectivity index (χ1) is 14.2. The number of hydrogen-bond donors (Lipinski definition) is 0. The van der Waals surface area contributed by atoms with Crippen molar-refractivity contribution in [2.45, 2.75) is 19.4 Å². The van der Waals surface area contributed by atoms with Crippen LogP contribution in [0.2, 0.25) is 0 Å². The summed E-state index contributed by atoms with van der Waals surface area (Å²) >= 11 is 0. The number of benzene rings is 1. The van der Waals surface area contributed by atoms with E-state index in [-0.39, 0.29) is 30.7 Å². The molecule has 3 aromatic rings. The number of ether oxygens (including phenoxy) is 2. The summed E-state index contributed by atoms with van der Waals surface area (Å²) in [5.74, 6) is 1.65. The first-order valence-corrected chi connectivity index (χ1v) is 9.27. The lowest BCUT2D eigenvalue weighted by atomic mass is 10.2. The van der Waals surface area contributed by atoms with Gasteiger partial charge >= 0.3 is 0 Å². The quantitative estimate of drug-likeness (QED) is 0.650. The van der Waals surface area contributed by atoms with Gasteiger partial charge in [-0.05, 0) is 37.1 Å². The standard InChI is InChI=1S/C19H17N5O5/c25-16-6-4-13(21-24(16)10-17(26)23-7-1-2-8-23)19-20-18(22-29-19)12-3-5-14-15(9-12)28-11-27-14/h3-6,9H,1-2,7-8,10-11H2. The van der Waals surface area contributed by atoms with Crippen LogP contribution < -0.4 is 15.0 Å². The molecular weight excluding hydrogens is 378 g/mol. The van der Waals surface area contributed by atoms with Crippen LogP contribution in [-0.2, 0) is 11.3 Å². The van der Waals surface area contributed by atoms with E-state index in [0.717, 1.165) is 30.6 Å². The molecule has 0 unspecified atom stereocenters. The third kappa shape index (κ3) is 3.33. The number of aromatic nitrogens is 4. The highest BCUT2D eigenvalue weighted by Crippen LogP contribution is 2.35. The Morgan fingerprint density at radius 3 is 2.76 bits per heavy atom. The van der Waals surface area contributed by atoms with Crippen molar-refractivity contribution in [3.63, 3.8) is 0 Å². The van der Waals surface area contributed by atoms with Crippen LogP contribution in [-0.4, -0.2) is 50.6 Å². The Labute approximate surface area is 164 Å². The van der Waals surface area contributed by atoms with Crippen molar-refractivity contribution in [2.24, 2.45) is 0 Å². The van der Waals surface area contributed by atoms with Gasteiger partial charge in [0, 0.05) is 24.7 Å². The Kier molecular flexibility index (Phi) is 4.23. The van der Waals surface area contributed by atoms with Gasteiger partial charge < -0.3 is 18.9 Å². The average molecular weight is 395 g/mol. The predicted octanol–water partition coefficient (Wildman–Crippen LogP) is 1.31. The topological polar surface area (TPSA) is 113 Å². The monoisotopic (exact) mass is 395 g/mol. The fourth-order valence-electron chi connectivity index (χ4n) is 3.35. The Hall–Kier alpha value is -3.69. The maximum Gasteiger partial charge on any atom is 0.278 e. The molecule has 10 nitrogen and oxygen atoms in total. The highest BCUT2D eigenvalue weighted by molar-refractivity contribution is 5.76. The first kappa shape index (κ1) is 17.4. The number of carbonyl (C=O) groups is 1. The summed E-state index contributed by atoms with van der Waals surface area (Å²) in [7, 11) is 0. The van der Waals surface area contributed by atoms with E-state index in [9.17, 15) is 9.59 Å². The Morgan fingerprint density at radius 2 is 1.90 bits per heavy atom. The molecule has 10 heteroatoms. The SMILES string of the molecule is O=C(Cn1nc(-c2nc(-c3ccc4c(c3)OCO4)no2)ccc1=O)N1CCCC1. The van der Waals surface area contributed by atoms with Gasteiger partial charge in [-0.1, -0.05) is 5.16 Å². The van der Waals surface area contributed by atoms with Crippen molar-refractivity contribution >= 4 is 5.91 Å². The lowest BCUT2D eigenvalue weighted by Crippen LogP contribution is -2.35. The van der Waals surface area contributed by atoms with Crippen LogP contribution in [0.5, 0.6) is 11.5 Å². The fraction of sp³-hybridized carbons (Fsp3) is 0.316. The Bertz CT molecular complexity index is 1130. The minimum Gasteiger partial charge on any atom is -0.454 e. The maximum absolute atomic E-state index is 12.3. The number of amides is 1. The molecule has 148 valence electrons. The zero-order chi connectivity index (χ0) is 19.8. The number of nitrogens with zero attached hydrogens (tertiary/aromatic N) is 5. The maximum atomic E-state index is 12.3. The number of hydrogen-bond acceptors (Lipinski definition) is 8. The molecule has 5 rings (SSSR count). The molecule has 0 aliphatic carbocycles. The van der Waals surface area contributed by atoms with Crippen molar-refractivity contribution in [1.82, 2.24) is 24.8 Å². The lowest BCUT2D eigenvalue weighted by Gasteiger charge is -2.15. The van der Waals surface area contributed by atoms with E-state index in [1.807, 2.05) is 0 Å². The van der Waals surface area contributed by atoms with Gasteiger partial charge in [0.05, 0.1) is 0 Å². The zero-order valence-electron chi connectivity index (χ0n) is 15.4. The third-order valence-electron chi connectivity index (χ3n) is 4.89. The summed E-state index contributed by atoms with van der Waals surface area (Å²) in [5, 5.41) is 8.21. The number of likely N-dealkylation sites (tertiary alicyclic amines) is 1. The molecule has 2 aliphatic heterocycles. The first-order valence-electron chi connectivity index (χ1n) is 9.27. The van der Waals surface area contributed by atoms with Gasteiger partial charge in [-0.15, -0.1) is 0 Å². The van der Waals surface area contributed by atoms with Gasteiger partial charge in [0.2, 0.25) is 18.5 Å². The summed E-state index contributed by atoms with van der Waals surface area (Å²) in [6.45, 7) is 1.50. The van der Waals surface area contributed by atoms with Crippen LogP contribution in [0, 0.1) is 0 Å². The van der Waals surface area contributed by atoms with Gasteiger partial charge in [0.15, 0.2) is 11.5 Å². The molecule has 0 bridgehead atoms. The molecule has 4 heterocycles. The highest BCUT2D eigenvalue weighted by atomic mass is 16.7. The van der Waals surface area contributed by atoms with Crippen LogP contribution in [0.15, 0.2) is 39.6 Å². The summed E-state index contributed by atoms with van der Waals surface area (Å²) < 4.78 is 17.1. The third-order valence-corrected chi connectivity index (χ3v) is 4.89. The normalized spacial score (nSPS) is 15.1. The predicted molar refractivity (Wildman–Crippen MR) is 99.2 cm³/mol. The second-order valence-electron chi connectivity index (χ2n) is 6.79. The van der Waals surface area contributed by atoms with Gasteiger partial charge in [0.1, 0.15) is 12.2 Å². The summed E-state index contributed by atoms with van der Waals surface area (Å²) in [4.78, 5) is 30.6. The molecule has 2 aromatic heterocycles. The molecule has 0 radical (unpaired) electrons. The molecule has 1 aromatic carbocycles. The number of fused-ring (bicyclic) bond motifs is 1. The molecule has 0 saturated carbocycles. The van der Waals surface area contributed by atoms with Crippen LogP contribution in [0.3, 0.4) is 0 Å². The van der Waals surface area contributed by atoms with Gasteiger partial charge in [-0.25, -0.2) is 4.68 Å². The van der Waals surface area contributed by atoms with Gasteiger partial charge in [0.25, 0.3) is 11.4 Å².